The molecule has 0 N–H and O–H groups in total. The summed E-state index contributed by atoms with van der Waals surface area (Å²) in [4.78, 5) is 0. The van der Waals surface area contributed by atoms with Gasteiger partial charge >= 0.3 is 0 Å². The summed E-state index contributed by atoms with van der Waals surface area (Å²) in [6, 6.07) is 0. The van der Waals surface area contributed by atoms with Crippen LogP contribution in [0.1, 0.15) is 20.8 Å². The van der Waals surface area contributed by atoms with E-state index in [-0.39, 0.29) is 24.6 Å². The van der Waals surface area contributed by atoms with E-state index >= 15 is 0 Å². The van der Waals surface area contributed by atoms with E-state index in [4.69, 9.17) is 18.9 Å². The van der Waals surface area contributed by atoms with Crippen molar-refractivity contribution in [2.75, 3.05) is 7.11 Å². The van der Waals surface area contributed by atoms with E-state index in [1.807, 2.05) is 20.8 Å². The highest BCUT2D eigenvalue weighted by atomic mass is 16.8. The molecule has 0 radical (unpaired) electrons. The molecular weight excluding hydrogens is 172 g/mol. The van der Waals surface area contributed by atoms with Crippen molar-refractivity contribution >= 4 is 0 Å². The minimum Gasteiger partial charge on any atom is -0.353 e. The second kappa shape index (κ2) is 2.92. The van der Waals surface area contributed by atoms with Gasteiger partial charge in [0.2, 0.25) is 0 Å². The first-order valence-electron chi connectivity index (χ1n) is 4.57. The average molecular weight is 188 g/mol. The standard InChI is InChI=1S/C9H16O4/c1-5-6-7(8(10-4)11-5)13-9(2,3)12-6/h5-8H,1-4H3/t5-,6-,7-,8+/m1/s1. The number of hydrogen-bond acceptors (Lipinski definition) is 4. The van der Waals surface area contributed by atoms with Crippen LogP contribution in [0.15, 0.2) is 0 Å². The molecular formula is C9H16O4. The smallest absolute Gasteiger partial charge is 0.186 e. The van der Waals surface area contributed by atoms with Gasteiger partial charge in [0, 0.05) is 7.11 Å². The van der Waals surface area contributed by atoms with Crippen LogP contribution in [0.25, 0.3) is 0 Å². The number of methoxy groups -OCH3 is 1. The third kappa shape index (κ3) is 1.48. The lowest BCUT2D eigenvalue weighted by Crippen LogP contribution is -2.30. The Kier molecular flexibility index (Phi) is 2.11. The zero-order valence-corrected chi connectivity index (χ0v) is 8.44. The Morgan fingerprint density at radius 3 is 2.38 bits per heavy atom. The van der Waals surface area contributed by atoms with Crippen molar-refractivity contribution in [3.63, 3.8) is 0 Å². The summed E-state index contributed by atoms with van der Waals surface area (Å²) in [7, 11) is 1.62. The van der Waals surface area contributed by atoms with Crippen LogP contribution in [0.3, 0.4) is 0 Å². The molecule has 0 aliphatic carbocycles. The Labute approximate surface area is 78.1 Å². The first-order valence-corrected chi connectivity index (χ1v) is 4.57. The van der Waals surface area contributed by atoms with E-state index in [0.717, 1.165) is 0 Å². The summed E-state index contributed by atoms with van der Waals surface area (Å²) in [6.07, 6.45) is -0.339. The third-order valence-corrected chi connectivity index (χ3v) is 2.48. The second-order valence-corrected chi connectivity index (χ2v) is 4.01. The van der Waals surface area contributed by atoms with Crippen LogP contribution in [0.2, 0.25) is 0 Å². The molecule has 4 heteroatoms. The summed E-state index contributed by atoms with van der Waals surface area (Å²) < 4.78 is 22.0. The first-order chi connectivity index (χ1) is 6.03. The number of rotatable bonds is 1. The number of hydrogen-bond donors (Lipinski definition) is 0. The van der Waals surface area contributed by atoms with Gasteiger partial charge in [-0.05, 0) is 20.8 Å². The predicted octanol–water partition coefficient (Wildman–Crippen LogP) is 0.898. The number of fused-ring (bicyclic) bond motifs is 1. The maximum Gasteiger partial charge on any atom is 0.186 e. The van der Waals surface area contributed by atoms with Crippen molar-refractivity contribution in [2.45, 2.75) is 51.2 Å². The molecule has 2 heterocycles. The molecule has 2 saturated heterocycles. The SMILES string of the molecule is CO[C@H]1O[C@H](C)[C@H]2OC(C)(C)O[C@@H]12. The van der Waals surface area contributed by atoms with Gasteiger partial charge in [0.25, 0.3) is 0 Å². The second-order valence-electron chi connectivity index (χ2n) is 4.01. The molecule has 0 aromatic heterocycles. The van der Waals surface area contributed by atoms with Crippen molar-refractivity contribution in [1.29, 1.82) is 0 Å². The normalized spacial score (nSPS) is 48.0. The molecule has 0 saturated carbocycles. The predicted molar refractivity (Wildman–Crippen MR) is 45.2 cm³/mol. The molecule has 0 aromatic carbocycles. The maximum absolute atomic E-state index is 5.69. The van der Waals surface area contributed by atoms with Crippen molar-refractivity contribution in [3.05, 3.63) is 0 Å². The molecule has 0 bridgehead atoms. The van der Waals surface area contributed by atoms with E-state index in [9.17, 15) is 0 Å². The van der Waals surface area contributed by atoms with Gasteiger partial charge in [0.15, 0.2) is 12.1 Å². The number of ether oxygens (including phenoxy) is 4. The van der Waals surface area contributed by atoms with Crippen molar-refractivity contribution in [2.24, 2.45) is 0 Å². The molecule has 2 fully saturated rings. The molecule has 0 amide bonds. The molecule has 2 aliphatic rings. The lowest BCUT2D eigenvalue weighted by atomic mass is 10.2. The van der Waals surface area contributed by atoms with Gasteiger partial charge in [0.05, 0.1) is 6.10 Å². The first kappa shape index (κ1) is 9.40. The van der Waals surface area contributed by atoms with Gasteiger partial charge in [0.1, 0.15) is 12.2 Å². The lowest BCUT2D eigenvalue weighted by Gasteiger charge is -2.22. The largest absolute Gasteiger partial charge is 0.353 e. The van der Waals surface area contributed by atoms with Crippen LogP contribution >= 0.6 is 0 Å². The van der Waals surface area contributed by atoms with E-state index < -0.39 is 5.79 Å². The maximum atomic E-state index is 5.69. The third-order valence-electron chi connectivity index (χ3n) is 2.48. The Morgan fingerprint density at radius 1 is 1.15 bits per heavy atom. The van der Waals surface area contributed by atoms with Crippen LogP contribution < -0.4 is 0 Å². The molecule has 2 aliphatic heterocycles. The minimum atomic E-state index is -0.510. The fourth-order valence-corrected chi connectivity index (χ4v) is 1.95. The molecule has 0 aromatic rings. The van der Waals surface area contributed by atoms with Crippen molar-refractivity contribution in [1.82, 2.24) is 0 Å². The average Bonchev–Trinajstić information content (AvgIpc) is 2.47. The fraction of sp³-hybridized carbons (Fsp3) is 1.00. The monoisotopic (exact) mass is 188 g/mol. The van der Waals surface area contributed by atoms with Crippen molar-refractivity contribution < 1.29 is 18.9 Å². The molecule has 4 nitrogen and oxygen atoms in total. The molecule has 76 valence electrons. The fourth-order valence-electron chi connectivity index (χ4n) is 1.95. The quantitative estimate of drug-likeness (QED) is 0.612. The summed E-state index contributed by atoms with van der Waals surface area (Å²) in [5.41, 5.74) is 0. The highest BCUT2D eigenvalue weighted by Gasteiger charge is 2.53. The van der Waals surface area contributed by atoms with Crippen LogP contribution in [0.5, 0.6) is 0 Å². The van der Waals surface area contributed by atoms with E-state index in [1.54, 1.807) is 7.11 Å². The Bertz CT molecular complexity index is 204. The highest BCUT2D eigenvalue weighted by molar-refractivity contribution is 4.93. The molecule has 4 atom stereocenters. The Morgan fingerprint density at radius 2 is 1.77 bits per heavy atom. The van der Waals surface area contributed by atoms with Crippen LogP contribution in [-0.2, 0) is 18.9 Å². The summed E-state index contributed by atoms with van der Waals surface area (Å²) >= 11 is 0. The van der Waals surface area contributed by atoms with Gasteiger partial charge in [-0.1, -0.05) is 0 Å². The topological polar surface area (TPSA) is 36.9 Å². The van der Waals surface area contributed by atoms with Crippen molar-refractivity contribution in [3.8, 4) is 0 Å². The molecule has 13 heavy (non-hydrogen) atoms. The van der Waals surface area contributed by atoms with Crippen LogP contribution in [-0.4, -0.2) is 37.5 Å². The minimum absolute atomic E-state index is 0.0000463. The summed E-state index contributed by atoms with van der Waals surface area (Å²) in [5, 5.41) is 0. The van der Waals surface area contributed by atoms with Gasteiger partial charge < -0.3 is 18.9 Å². The summed E-state index contributed by atoms with van der Waals surface area (Å²) in [5.74, 6) is -0.510. The Balaban J connectivity index is 2.12. The van der Waals surface area contributed by atoms with Crippen LogP contribution in [0, 0.1) is 0 Å². The van der Waals surface area contributed by atoms with Gasteiger partial charge in [-0.2, -0.15) is 0 Å². The molecule has 2 rings (SSSR count). The zero-order valence-electron chi connectivity index (χ0n) is 8.44. The summed E-state index contributed by atoms with van der Waals surface area (Å²) in [6.45, 7) is 5.79. The Hall–Kier alpha value is -0.160. The highest BCUT2D eigenvalue weighted by Crippen LogP contribution is 2.38. The van der Waals surface area contributed by atoms with E-state index in [0.29, 0.717) is 0 Å². The van der Waals surface area contributed by atoms with Gasteiger partial charge in [-0.25, -0.2) is 0 Å². The molecule has 0 unspecified atom stereocenters. The lowest BCUT2D eigenvalue weighted by molar-refractivity contribution is -0.224. The van der Waals surface area contributed by atoms with Crippen LogP contribution in [0.4, 0.5) is 0 Å². The van der Waals surface area contributed by atoms with E-state index in [2.05, 4.69) is 0 Å². The van der Waals surface area contributed by atoms with Gasteiger partial charge in [-0.3, -0.25) is 0 Å². The zero-order chi connectivity index (χ0) is 9.64. The molecule has 0 spiro atoms. The van der Waals surface area contributed by atoms with Gasteiger partial charge in [-0.15, -0.1) is 0 Å². The van der Waals surface area contributed by atoms with E-state index in [1.165, 1.54) is 0 Å².